The summed E-state index contributed by atoms with van der Waals surface area (Å²) in [6.07, 6.45) is 5.60. The number of aromatic nitrogens is 2. The second-order valence-electron chi connectivity index (χ2n) is 7.09. The Morgan fingerprint density at radius 3 is 2.69 bits per heavy atom. The second-order valence-corrected chi connectivity index (χ2v) is 7.09. The first-order valence-corrected chi connectivity index (χ1v) is 9.14. The minimum Gasteiger partial charge on any atom is -0.371 e. The van der Waals surface area contributed by atoms with Gasteiger partial charge in [-0.3, -0.25) is 4.90 Å². The van der Waals surface area contributed by atoms with Gasteiger partial charge in [-0.1, -0.05) is 12.1 Å². The highest BCUT2D eigenvalue weighted by Gasteiger charge is 2.40. The molecule has 26 heavy (non-hydrogen) atoms. The molecule has 0 saturated carbocycles. The zero-order valence-electron chi connectivity index (χ0n) is 14.8. The smallest absolute Gasteiger partial charge is 0.225 e. The van der Waals surface area contributed by atoms with E-state index in [1.807, 2.05) is 24.3 Å². The van der Waals surface area contributed by atoms with Crippen molar-refractivity contribution in [2.24, 2.45) is 0 Å². The maximum atomic E-state index is 9.06. The molecule has 0 N–H and O–H groups in total. The van der Waals surface area contributed by atoms with Gasteiger partial charge in [0.05, 0.1) is 30.4 Å². The summed E-state index contributed by atoms with van der Waals surface area (Å²) in [6, 6.07) is 12.0. The normalized spacial score (nSPS) is 20.0. The summed E-state index contributed by atoms with van der Waals surface area (Å²) in [4.78, 5) is 13.5. The lowest BCUT2D eigenvalue weighted by molar-refractivity contribution is -0.0924. The van der Waals surface area contributed by atoms with E-state index in [1.165, 1.54) is 5.56 Å². The predicted molar refractivity (Wildman–Crippen MR) is 98.6 cm³/mol. The molecule has 0 aliphatic carbocycles. The van der Waals surface area contributed by atoms with Crippen molar-refractivity contribution in [2.75, 3.05) is 37.7 Å². The highest BCUT2D eigenvalue weighted by molar-refractivity contribution is 5.33. The summed E-state index contributed by atoms with van der Waals surface area (Å²) in [5.74, 6) is 0.797. The number of ether oxygens (including phenoxy) is 1. The van der Waals surface area contributed by atoms with E-state index in [-0.39, 0.29) is 5.60 Å². The van der Waals surface area contributed by atoms with Gasteiger partial charge < -0.3 is 9.64 Å². The topological polar surface area (TPSA) is 65.3 Å². The molecule has 3 heterocycles. The van der Waals surface area contributed by atoms with Gasteiger partial charge in [-0.25, -0.2) is 9.97 Å². The molecule has 1 spiro atoms. The van der Waals surface area contributed by atoms with E-state index in [1.54, 1.807) is 12.4 Å². The molecule has 2 saturated heterocycles. The first-order chi connectivity index (χ1) is 12.8. The van der Waals surface area contributed by atoms with Crippen molar-refractivity contribution in [2.45, 2.75) is 25.0 Å². The van der Waals surface area contributed by atoms with Crippen molar-refractivity contribution in [3.05, 3.63) is 53.9 Å². The largest absolute Gasteiger partial charge is 0.371 e. The molecule has 1 aromatic heterocycles. The highest BCUT2D eigenvalue weighted by Crippen LogP contribution is 2.31. The van der Waals surface area contributed by atoms with Crippen LogP contribution in [0, 0.1) is 11.3 Å². The Morgan fingerprint density at radius 2 is 1.92 bits per heavy atom. The van der Waals surface area contributed by atoms with Crippen molar-refractivity contribution < 1.29 is 4.74 Å². The van der Waals surface area contributed by atoms with Gasteiger partial charge in [-0.15, -0.1) is 0 Å². The molecule has 0 amide bonds. The molecule has 0 bridgehead atoms. The minimum absolute atomic E-state index is 0.0948. The van der Waals surface area contributed by atoms with E-state index in [0.29, 0.717) is 0 Å². The third-order valence-corrected chi connectivity index (χ3v) is 5.31. The molecule has 134 valence electrons. The van der Waals surface area contributed by atoms with E-state index in [0.717, 1.165) is 63.7 Å². The molecule has 2 aromatic rings. The van der Waals surface area contributed by atoms with Crippen molar-refractivity contribution in [3.8, 4) is 6.07 Å². The number of hydrogen-bond donors (Lipinski definition) is 0. The predicted octanol–water partition coefficient (Wildman–Crippen LogP) is 2.22. The lowest BCUT2D eigenvalue weighted by Gasteiger charge is -2.47. The summed E-state index contributed by atoms with van der Waals surface area (Å²) in [7, 11) is 0. The van der Waals surface area contributed by atoms with Gasteiger partial charge in [0.2, 0.25) is 5.95 Å². The Labute approximate surface area is 154 Å². The van der Waals surface area contributed by atoms with E-state index >= 15 is 0 Å². The average molecular weight is 349 g/mol. The molecular formula is C20H23N5O. The molecule has 4 rings (SSSR count). The fourth-order valence-electron chi connectivity index (χ4n) is 3.89. The fraction of sp³-hybridized carbons (Fsp3) is 0.450. The van der Waals surface area contributed by atoms with Crippen LogP contribution in [0.3, 0.4) is 0 Å². The number of rotatable bonds is 3. The van der Waals surface area contributed by atoms with Gasteiger partial charge in [0.1, 0.15) is 0 Å². The molecular weight excluding hydrogens is 326 g/mol. The summed E-state index contributed by atoms with van der Waals surface area (Å²) in [5, 5.41) is 9.06. The number of piperidine rings is 1. The van der Waals surface area contributed by atoms with Crippen LogP contribution in [-0.4, -0.2) is 53.3 Å². The van der Waals surface area contributed by atoms with Crippen LogP contribution in [0.2, 0.25) is 0 Å². The first kappa shape index (κ1) is 17.0. The second kappa shape index (κ2) is 7.40. The number of morpholine rings is 1. The standard InChI is InChI=1S/C20H23N5O/c21-14-17-3-1-4-18(13-17)15-24-9-5-20(6-10-24)16-25(11-12-26-20)19-22-7-2-8-23-19/h1-4,7-8,13H,5-6,9-12,15-16H2. The Balaban J connectivity index is 1.37. The van der Waals surface area contributed by atoms with Gasteiger partial charge in [0.25, 0.3) is 0 Å². The van der Waals surface area contributed by atoms with Crippen LogP contribution in [-0.2, 0) is 11.3 Å². The third kappa shape index (κ3) is 3.69. The molecule has 2 aliphatic rings. The Kier molecular flexibility index (Phi) is 4.83. The molecule has 1 aromatic carbocycles. The molecule has 0 radical (unpaired) electrons. The lowest BCUT2D eigenvalue weighted by Crippen LogP contribution is -2.57. The van der Waals surface area contributed by atoms with Crippen LogP contribution in [0.15, 0.2) is 42.7 Å². The Hall–Kier alpha value is -2.49. The first-order valence-electron chi connectivity index (χ1n) is 9.14. The number of anilines is 1. The number of hydrogen-bond acceptors (Lipinski definition) is 6. The van der Waals surface area contributed by atoms with Crippen molar-refractivity contribution in [3.63, 3.8) is 0 Å². The van der Waals surface area contributed by atoms with Crippen molar-refractivity contribution >= 4 is 5.95 Å². The van der Waals surface area contributed by atoms with E-state index in [9.17, 15) is 0 Å². The molecule has 2 fully saturated rings. The lowest BCUT2D eigenvalue weighted by atomic mass is 9.89. The van der Waals surface area contributed by atoms with Gasteiger partial charge in [0, 0.05) is 38.6 Å². The summed E-state index contributed by atoms with van der Waals surface area (Å²) in [6.45, 7) is 5.31. The van der Waals surface area contributed by atoms with Gasteiger partial charge in [-0.05, 0) is 36.6 Å². The molecule has 0 unspecified atom stereocenters. The van der Waals surface area contributed by atoms with Crippen LogP contribution in [0.25, 0.3) is 0 Å². The number of nitrogens with zero attached hydrogens (tertiary/aromatic N) is 5. The van der Waals surface area contributed by atoms with Crippen LogP contribution in [0.1, 0.15) is 24.0 Å². The van der Waals surface area contributed by atoms with E-state index < -0.39 is 0 Å². The van der Waals surface area contributed by atoms with Crippen LogP contribution in [0.4, 0.5) is 5.95 Å². The van der Waals surface area contributed by atoms with E-state index in [4.69, 9.17) is 10.00 Å². The maximum Gasteiger partial charge on any atom is 0.225 e. The minimum atomic E-state index is -0.0948. The quantitative estimate of drug-likeness (QED) is 0.847. The summed E-state index contributed by atoms with van der Waals surface area (Å²) >= 11 is 0. The number of likely N-dealkylation sites (tertiary alicyclic amines) is 1. The van der Waals surface area contributed by atoms with Crippen molar-refractivity contribution in [1.82, 2.24) is 14.9 Å². The van der Waals surface area contributed by atoms with Crippen molar-refractivity contribution in [1.29, 1.82) is 5.26 Å². The SMILES string of the molecule is N#Cc1cccc(CN2CCC3(CC2)CN(c2ncccn2)CCO3)c1. The van der Waals surface area contributed by atoms with Crippen LogP contribution < -0.4 is 4.90 Å². The monoisotopic (exact) mass is 349 g/mol. The van der Waals surface area contributed by atoms with Gasteiger partial charge in [-0.2, -0.15) is 5.26 Å². The zero-order valence-corrected chi connectivity index (χ0v) is 14.8. The summed E-state index contributed by atoms with van der Waals surface area (Å²) in [5.41, 5.74) is 1.83. The molecule has 0 atom stereocenters. The number of benzene rings is 1. The van der Waals surface area contributed by atoms with Crippen LogP contribution >= 0.6 is 0 Å². The fourth-order valence-corrected chi connectivity index (χ4v) is 3.89. The highest BCUT2D eigenvalue weighted by atomic mass is 16.5. The third-order valence-electron chi connectivity index (χ3n) is 5.31. The summed E-state index contributed by atoms with van der Waals surface area (Å²) < 4.78 is 6.23. The maximum absolute atomic E-state index is 9.06. The average Bonchev–Trinajstić information content (AvgIpc) is 2.71. The Morgan fingerprint density at radius 1 is 1.12 bits per heavy atom. The van der Waals surface area contributed by atoms with Gasteiger partial charge >= 0.3 is 0 Å². The molecule has 6 nitrogen and oxygen atoms in total. The molecule has 6 heteroatoms. The van der Waals surface area contributed by atoms with E-state index in [2.05, 4.69) is 31.9 Å². The van der Waals surface area contributed by atoms with Gasteiger partial charge in [0.15, 0.2) is 0 Å². The zero-order chi connectivity index (χ0) is 17.8. The molecule has 2 aliphatic heterocycles. The van der Waals surface area contributed by atoms with Crippen LogP contribution in [0.5, 0.6) is 0 Å². The Bertz CT molecular complexity index is 780. The number of nitriles is 1.